The molecule has 0 aliphatic carbocycles. The summed E-state index contributed by atoms with van der Waals surface area (Å²) in [5.74, 6) is -1.68. The van der Waals surface area contributed by atoms with Crippen molar-refractivity contribution in [1.82, 2.24) is 4.90 Å². The molecule has 0 saturated carbocycles. The molecule has 3 rings (SSSR count). The monoisotopic (exact) mass is 322 g/mol. The maximum Gasteiger partial charge on any atom is 0.238 e. The summed E-state index contributed by atoms with van der Waals surface area (Å²) in [5.41, 5.74) is 1.41. The van der Waals surface area contributed by atoms with Gasteiger partial charge in [0, 0.05) is 29.2 Å². The second-order valence-corrected chi connectivity index (χ2v) is 6.40. The van der Waals surface area contributed by atoms with Gasteiger partial charge in [-0.25, -0.2) is 8.78 Å². The predicted molar refractivity (Wildman–Crippen MR) is 83.0 cm³/mol. The number of carbonyl (C=O) groups is 1. The number of fused-ring (bicyclic) bond motifs is 1. The molecule has 0 fully saturated rings. The van der Waals surface area contributed by atoms with Crippen LogP contribution < -0.4 is 5.32 Å². The van der Waals surface area contributed by atoms with Gasteiger partial charge in [-0.05, 0) is 42.5 Å². The quantitative estimate of drug-likeness (QED) is 0.937. The number of nitrogens with one attached hydrogen (secondary N) is 1. The number of hydrogen-bond acceptors (Lipinski definition) is 3. The molecule has 22 heavy (non-hydrogen) atoms. The third-order valence-corrected chi connectivity index (χ3v) is 4.89. The number of halogens is 2. The molecule has 2 aromatic rings. The summed E-state index contributed by atoms with van der Waals surface area (Å²) in [4.78, 5) is 15.5. The average molecular weight is 322 g/mol. The van der Waals surface area contributed by atoms with Gasteiger partial charge in [-0.15, -0.1) is 11.3 Å². The molecule has 0 radical (unpaired) electrons. The van der Waals surface area contributed by atoms with Crippen molar-refractivity contribution in [3.63, 3.8) is 0 Å². The van der Waals surface area contributed by atoms with E-state index in [2.05, 4.69) is 28.6 Å². The fourth-order valence-corrected chi connectivity index (χ4v) is 3.75. The van der Waals surface area contributed by atoms with Crippen LogP contribution in [0.1, 0.15) is 23.4 Å². The number of nitrogens with zero attached hydrogens (tertiary/aromatic N) is 1. The van der Waals surface area contributed by atoms with Crippen LogP contribution in [0.15, 0.2) is 29.6 Å². The van der Waals surface area contributed by atoms with Crippen LogP contribution in [0.3, 0.4) is 0 Å². The normalized spacial score (nSPS) is 18.0. The van der Waals surface area contributed by atoms with E-state index in [9.17, 15) is 13.6 Å². The number of thiophene rings is 1. The van der Waals surface area contributed by atoms with E-state index in [-0.39, 0.29) is 24.2 Å². The predicted octanol–water partition coefficient (Wildman–Crippen LogP) is 3.58. The van der Waals surface area contributed by atoms with Crippen LogP contribution in [-0.2, 0) is 11.2 Å². The van der Waals surface area contributed by atoms with E-state index in [1.165, 1.54) is 10.4 Å². The minimum atomic E-state index is -0.704. The van der Waals surface area contributed by atoms with Crippen LogP contribution in [0, 0.1) is 11.6 Å². The van der Waals surface area contributed by atoms with E-state index >= 15 is 0 Å². The van der Waals surface area contributed by atoms with Crippen molar-refractivity contribution in [3.05, 3.63) is 51.7 Å². The summed E-state index contributed by atoms with van der Waals surface area (Å²) >= 11 is 1.75. The lowest BCUT2D eigenvalue weighted by Gasteiger charge is -2.32. The number of benzene rings is 1. The molecule has 1 aliphatic rings. The Morgan fingerprint density at radius 3 is 2.82 bits per heavy atom. The van der Waals surface area contributed by atoms with Crippen molar-refractivity contribution < 1.29 is 13.6 Å². The van der Waals surface area contributed by atoms with Gasteiger partial charge in [0.05, 0.1) is 6.54 Å². The summed E-state index contributed by atoms with van der Waals surface area (Å²) in [5, 5.41) is 4.62. The minimum absolute atomic E-state index is 0.142. The van der Waals surface area contributed by atoms with Crippen LogP contribution in [0.5, 0.6) is 0 Å². The van der Waals surface area contributed by atoms with Crippen molar-refractivity contribution in [2.45, 2.75) is 19.4 Å². The van der Waals surface area contributed by atoms with Crippen molar-refractivity contribution in [1.29, 1.82) is 0 Å². The second-order valence-electron chi connectivity index (χ2n) is 5.40. The van der Waals surface area contributed by atoms with Gasteiger partial charge in [0.2, 0.25) is 5.91 Å². The molecule has 1 N–H and O–H groups in total. The van der Waals surface area contributed by atoms with Crippen molar-refractivity contribution >= 4 is 22.9 Å². The summed E-state index contributed by atoms with van der Waals surface area (Å²) in [7, 11) is 0. The smallest absolute Gasteiger partial charge is 0.238 e. The molecule has 0 bridgehead atoms. The first-order chi connectivity index (χ1) is 10.5. The van der Waals surface area contributed by atoms with Gasteiger partial charge in [0.1, 0.15) is 11.6 Å². The van der Waals surface area contributed by atoms with Gasteiger partial charge in [-0.2, -0.15) is 0 Å². The third-order valence-electron chi connectivity index (χ3n) is 3.90. The van der Waals surface area contributed by atoms with Crippen LogP contribution in [0.4, 0.5) is 14.5 Å². The fraction of sp³-hybridized carbons (Fsp3) is 0.312. The molecule has 1 aliphatic heterocycles. The zero-order valence-electron chi connectivity index (χ0n) is 12.1. The molecule has 1 aromatic heterocycles. The number of amides is 1. The first kappa shape index (κ1) is 15.1. The highest BCUT2D eigenvalue weighted by molar-refractivity contribution is 7.10. The molecule has 0 spiro atoms. The molecule has 1 aromatic carbocycles. The third kappa shape index (κ3) is 3.18. The highest BCUT2D eigenvalue weighted by atomic mass is 32.1. The minimum Gasteiger partial charge on any atom is -0.325 e. The zero-order valence-corrected chi connectivity index (χ0v) is 12.9. The van der Waals surface area contributed by atoms with Gasteiger partial charge >= 0.3 is 0 Å². The maximum absolute atomic E-state index is 13.1. The van der Waals surface area contributed by atoms with E-state index in [1.54, 1.807) is 11.3 Å². The fourth-order valence-electron chi connectivity index (χ4n) is 2.79. The van der Waals surface area contributed by atoms with E-state index < -0.39 is 11.6 Å². The largest absolute Gasteiger partial charge is 0.325 e. The summed E-state index contributed by atoms with van der Waals surface area (Å²) in [6.45, 7) is 3.08. The van der Waals surface area contributed by atoms with Crippen molar-refractivity contribution in [2.75, 3.05) is 18.4 Å². The Kier molecular flexibility index (Phi) is 4.22. The molecule has 0 unspecified atom stereocenters. The lowest BCUT2D eigenvalue weighted by Crippen LogP contribution is -2.39. The van der Waals surface area contributed by atoms with Gasteiger partial charge in [-0.1, -0.05) is 0 Å². The Hall–Kier alpha value is -1.79. The standard InChI is InChI=1S/C16H16F2N2OS/c1-10-14-3-5-22-15(14)2-4-20(10)9-16(21)19-13-7-11(17)6-12(18)8-13/h3,5-8,10H,2,4,9H2,1H3,(H,19,21)/t10-/m0/s1. The Morgan fingerprint density at radius 2 is 2.09 bits per heavy atom. The second kappa shape index (κ2) is 6.14. The lowest BCUT2D eigenvalue weighted by molar-refractivity contribution is -0.117. The average Bonchev–Trinajstić information content (AvgIpc) is 2.90. The number of anilines is 1. The molecular formula is C16H16F2N2OS. The summed E-state index contributed by atoms with van der Waals surface area (Å²) in [6, 6.07) is 5.26. The SMILES string of the molecule is C[C@H]1c2ccsc2CCN1CC(=O)Nc1cc(F)cc(F)c1. The number of carbonyl (C=O) groups excluding carboxylic acids is 1. The highest BCUT2D eigenvalue weighted by Crippen LogP contribution is 2.32. The molecule has 6 heteroatoms. The molecular weight excluding hydrogens is 306 g/mol. The van der Waals surface area contributed by atoms with Gasteiger partial charge in [0.15, 0.2) is 0 Å². The van der Waals surface area contributed by atoms with E-state index in [0.29, 0.717) is 0 Å². The highest BCUT2D eigenvalue weighted by Gasteiger charge is 2.26. The molecule has 116 valence electrons. The topological polar surface area (TPSA) is 32.3 Å². The van der Waals surface area contributed by atoms with Crippen LogP contribution in [0.2, 0.25) is 0 Å². The molecule has 0 saturated heterocycles. The summed E-state index contributed by atoms with van der Waals surface area (Å²) < 4.78 is 26.3. The van der Waals surface area contributed by atoms with Crippen LogP contribution in [-0.4, -0.2) is 23.9 Å². The molecule has 3 nitrogen and oxygen atoms in total. The van der Waals surface area contributed by atoms with Gasteiger partial charge < -0.3 is 5.32 Å². The lowest BCUT2D eigenvalue weighted by atomic mass is 10.0. The first-order valence-corrected chi connectivity index (χ1v) is 7.97. The number of rotatable bonds is 3. The van der Waals surface area contributed by atoms with E-state index in [0.717, 1.165) is 31.2 Å². The van der Waals surface area contributed by atoms with E-state index in [1.807, 2.05) is 0 Å². The van der Waals surface area contributed by atoms with Crippen LogP contribution in [0.25, 0.3) is 0 Å². The molecule has 1 amide bonds. The first-order valence-electron chi connectivity index (χ1n) is 7.09. The number of hydrogen-bond donors (Lipinski definition) is 1. The Morgan fingerprint density at radius 1 is 1.36 bits per heavy atom. The van der Waals surface area contributed by atoms with Crippen molar-refractivity contribution in [2.24, 2.45) is 0 Å². The maximum atomic E-state index is 13.1. The van der Waals surface area contributed by atoms with E-state index in [4.69, 9.17) is 0 Å². The molecule has 1 atom stereocenters. The van der Waals surface area contributed by atoms with Gasteiger partial charge in [-0.3, -0.25) is 9.69 Å². The van der Waals surface area contributed by atoms with Crippen molar-refractivity contribution in [3.8, 4) is 0 Å². The summed E-state index contributed by atoms with van der Waals surface area (Å²) in [6.07, 6.45) is 0.930. The molecule has 2 heterocycles. The Bertz CT molecular complexity index is 681. The zero-order chi connectivity index (χ0) is 15.7. The van der Waals surface area contributed by atoms with Crippen LogP contribution >= 0.6 is 11.3 Å². The Balaban J connectivity index is 1.65. The Labute approximate surface area is 131 Å². The van der Waals surface area contributed by atoms with Gasteiger partial charge in [0.25, 0.3) is 0 Å².